The van der Waals surface area contributed by atoms with Crippen LogP contribution in [-0.2, 0) is 6.54 Å². The fourth-order valence-electron chi connectivity index (χ4n) is 2.70. The number of halogens is 2. The van der Waals surface area contributed by atoms with E-state index < -0.39 is 0 Å². The summed E-state index contributed by atoms with van der Waals surface area (Å²) in [6.45, 7) is 1.88. The monoisotopic (exact) mass is 313 g/mol. The van der Waals surface area contributed by atoms with E-state index in [0.29, 0.717) is 11.2 Å². The standard InChI is InChI=1S/C14H16FN3S.ClH/c15-11-4-1-3-10(7-11)13-5-2-6-18(13)9-12-8-17-14(16)19-12;/h1,3-4,7-8,13H,2,5-6,9H2,(H2,16,17);1H. The van der Waals surface area contributed by atoms with Gasteiger partial charge >= 0.3 is 0 Å². The maximum atomic E-state index is 13.3. The molecule has 1 saturated heterocycles. The molecule has 1 aromatic heterocycles. The summed E-state index contributed by atoms with van der Waals surface area (Å²) in [6, 6.07) is 7.23. The molecule has 2 aromatic rings. The molecule has 1 aliphatic heterocycles. The molecule has 0 radical (unpaired) electrons. The number of nitrogen functional groups attached to an aromatic ring is 1. The van der Waals surface area contributed by atoms with Gasteiger partial charge in [-0.25, -0.2) is 9.37 Å². The number of aromatic nitrogens is 1. The molecule has 0 amide bonds. The summed E-state index contributed by atoms with van der Waals surface area (Å²) in [5.41, 5.74) is 6.72. The predicted molar refractivity (Wildman–Crippen MR) is 82.6 cm³/mol. The first-order chi connectivity index (χ1) is 9.22. The van der Waals surface area contributed by atoms with Gasteiger partial charge in [0.05, 0.1) is 0 Å². The molecule has 2 heterocycles. The molecule has 0 bridgehead atoms. The Morgan fingerprint density at radius 1 is 1.45 bits per heavy atom. The van der Waals surface area contributed by atoms with Gasteiger partial charge in [-0.2, -0.15) is 0 Å². The summed E-state index contributed by atoms with van der Waals surface area (Å²) in [5.74, 6) is -0.161. The second-order valence-electron chi connectivity index (χ2n) is 4.85. The average molecular weight is 314 g/mol. The van der Waals surface area contributed by atoms with Gasteiger partial charge in [-0.15, -0.1) is 23.7 Å². The van der Waals surface area contributed by atoms with Crippen LogP contribution in [0, 0.1) is 5.82 Å². The van der Waals surface area contributed by atoms with E-state index in [1.54, 1.807) is 12.1 Å². The maximum Gasteiger partial charge on any atom is 0.180 e. The molecular weight excluding hydrogens is 297 g/mol. The molecule has 1 atom stereocenters. The van der Waals surface area contributed by atoms with Gasteiger partial charge in [0.25, 0.3) is 0 Å². The molecule has 20 heavy (non-hydrogen) atoms. The average Bonchev–Trinajstić information content (AvgIpc) is 2.99. The molecule has 0 saturated carbocycles. The highest BCUT2D eigenvalue weighted by atomic mass is 35.5. The Kier molecular flexibility index (Phi) is 4.96. The van der Waals surface area contributed by atoms with E-state index >= 15 is 0 Å². The Bertz CT molecular complexity index is 575. The summed E-state index contributed by atoms with van der Waals surface area (Å²) in [5, 5.41) is 0.608. The van der Waals surface area contributed by atoms with E-state index in [9.17, 15) is 4.39 Å². The van der Waals surface area contributed by atoms with Crippen molar-refractivity contribution in [2.45, 2.75) is 25.4 Å². The van der Waals surface area contributed by atoms with Crippen molar-refractivity contribution in [3.05, 3.63) is 46.7 Å². The number of hydrogen-bond donors (Lipinski definition) is 1. The summed E-state index contributed by atoms with van der Waals surface area (Å²) >= 11 is 1.53. The SMILES string of the molecule is Cl.Nc1ncc(CN2CCCC2c2cccc(F)c2)s1. The van der Waals surface area contributed by atoms with Gasteiger partial charge in [0.2, 0.25) is 0 Å². The van der Waals surface area contributed by atoms with E-state index in [1.165, 1.54) is 22.3 Å². The summed E-state index contributed by atoms with van der Waals surface area (Å²) in [6.07, 6.45) is 4.06. The quantitative estimate of drug-likeness (QED) is 0.941. The molecule has 3 rings (SSSR count). The lowest BCUT2D eigenvalue weighted by atomic mass is 10.0. The predicted octanol–water partition coefficient (Wildman–Crippen LogP) is 3.62. The van der Waals surface area contributed by atoms with Crippen molar-refractivity contribution >= 4 is 28.9 Å². The summed E-state index contributed by atoms with van der Waals surface area (Å²) in [4.78, 5) is 7.62. The van der Waals surface area contributed by atoms with Crippen molar-refractivity contribution in [2.24, 2.45) is 0 Å². The number of nitrogens with two attached hydrogens (primary N) is 1. The molecule has 2 N–H and O–H groups in total. The van der Waals surface area contributed by atoms with Gasteiger partial charge in [0.15, 0.2) is 5.13 Å². The van der Waals surface area contributed by atoms with Crippen molar-refractivity contribution in [3.63, 3.8) is 0 Å². The second kappa shape index (κ2) is 6.52. The third-order valence-electron chi connectivity index (χ3n) is 3.53. The number of thiazole rings is 1. The number of likely N-dealkylation sites (tertiary alicyclic amines) is 1. The zero-order valence-corrected chi connectivity index (χ0v) is 12.6. The number of benzene rings is 1. The highest BCUT2D eigenvalue weighted by Crippen LogP contribution is 2.34. The van der Waals surface area contributed by atoms with Crippen molar-refractivity contribution < 1.29 is 4.39 Å². The molecule has 108 valence electrons. The zero-order chi connectivity index (χ0) is 13.2. The Hall–Kier alpha value is -1.17. The van der Waals surface area contributed by atoms with Crippen LogP contribution in [0.15, 0.2) is 30.5 Å². The molecule has 0 spiro atoms. The maximum absolute atomic E-state index is 13.3. The number of nitrogens with zero attached hydrogens (tertiary/aromatic N) is 2. The van der Waals surface area contributed by atoms with Crippen molar-refractivity contribution in [3.8, 4) is 0 Å². The minimum Gasteiger partial charge on any atom is -0.375 e. The molecule has 0 aliphatic carbocycles. The van der Waals surface area contributed by atoms with Crippen molar-refractivity contribution in [2.75, 3.05) is 12.3 Å². The second-order valence-corrected chi connectivity index (χ2v) is 6.00. The fourth-order valence-corrected chi connectivity index (χ4v) is 3.41. The van der Waals surface area contributed by atoms with Gasteiger partial charge in [-0.3, -0.25) is 4.90 Å². The van der Waals surface area contributed by atoms with Gasteiger partial charge in [-0.1, -0.05) is 12.1 Å². The minimum atomic E-state index is -0.161. The highest BCUT2D eigenvalue weighted by molar-refractivity contribution is 7.15. The van der Waals surface area contributed by atoms with Crippen molar-refractivity contribution in [1.82, 2.24) is 9.88 Å². The molecule has 3 nitrogen and oxygen atoms in total. The lowest BCUT2D eigenvalue weighted by molar-refractivity contribution is 0.250. The van der Waals surface area contributed by atoms with Crippen molar-refractivity contribution in [1.29, 1.82) is 0 Å². The summed E-state index contributed by atoms with van der Waals surface area (Å²) in [7, 11) is 0. The normalized spacial score (nSPS) is 18.9. The third kappa shape index (κ3) is 3.29. The number of anilines is 1. The first-order valence-electron chi connectivity index (χ1n) is 6.42. The molecule has 1 aliphatic rings. The lowest BCUT2D eigenvalue weighted by Gasteiger charge is -2.24. The van der Waals surface area contributed by atoms with Crippen LogP contribution in [0.25, 0.3) is 0 Å². The molecular formula is C14H17ClFN3S. The number of rotatable bonds is 3. The molecule has 1 aromatic carbocycles. The molecule has 1 unspecified atom stereocenters. The topological polar surface area (TPSA) is 42.1 Å². The van der Waals surface area contributed by atoms with E-state index in [4.69, 9.17) is 5.73 Å². The smallest absolute Gasteiger partial charge is 0.180 e. The van der Waals surface area contributed by atoms with Crippen LogP contribution in [0.1, 0.15) is 29.3 Å². The molecule has 1 fully saturated rings. The van der Waals surface area contributed by atoms with Crippen LogP contribution in [0.3, 0.4) is 0 Å². The van der Waals surface area contributed by atoms with E-state index in [0.717, 1.165) is 31.5 Å². The van der Waals surface area contributed by atoms with Gasteiger partial charge < -0.3 is 5.73 Å². The molecule has 6 heteroatoms. The van der Waals surface area contributed by atoms with Crippen LogP contribution in [0.5, 0.6) is 0 Å². The fraction of sp³-hybridized carbons (Fsp3) is 0.357. The van der Waals surface area contributed by atoms with Crippen LogP contribution in [-0.4, -0.2) is 16.4 Å². The minimum absolute atomic E-state index is 0. The van der Waals surface area contributed by atoms with Crippen LogP contribution >= 0.6 is 23.7 Å². The largest absolute Gasteiger partial charge is 0.375 e. The van der Waals surface area contributed by atoms with Crippen LogP contribution in [0.4, 0.5) is 9.52 Å². The first-order valence-corrected chi connectivity index (χ1v) is 7.24. The zero-order valence-electron chi connectivity index (χ0n) is 11.0. The third-order valence-corrected chi connectivity index (χ3v) is 4.34. The Morgan fingerprint density at radius 2 is 2.30 bits per heavy atom. The van der Waals surface area contributed by atoms with E-state index in [-0.39, 0.29) is 18.2 Å². The van der Waals surface area contributed by atoms with E-state index in [1.807, 2.05) is 12.3 Å². The lowest BCUT2D eigenvalue weighted by Crippen LogP contribution is -2.22. The Labute approximate surface area is 128 Å². The first kappa shape index (κ1) is 15.2. The highest BCUT2D eigenvalue weighted by Gasteiger charge is 2.26. The Balaban J connectivity index is 0.00000147. The summed E-state index contributed by atoms with van der Waals surface area (Å²) < 4.78 is 13.3. The van der Waals surface area contributed by atoms with Gasteiger partial charge in [0.1, 0.15) is 5.82 Å². The van der Waals surface area contributed by atoms with Gasteiger partial charge in [0, 0.05) is 23.7 Å². The van der Waals surface area contributed by atoms with Gasteiger partial charge in [-0.05, 0) is 37.1 Å². The van der Waals surface area contributed by atoms with E-state index in [2.05, 4.69) is 9.88 Å². The van der Waals surface area contributed by atoms with Crippen LogP contribution in [0.2, 0.25) is 0 Å². The Morgan fingerprint density at radius 3 is 3.00 bits per heavy atom. The number of hydrogen-bond acceptors (Lipinski definition) is 4. The van der Waals surface area contributed by atoms with Crippen LogP contribution < -0.4 is 5.73 Å².